The summed E-state index contributed by atoms with van der Waals surface area (Å²) in [5.41, 5.74) is 1.87. The lowest BCUT2D eigenvalue weighted by Crippen LogP contribution is -1.86. The summed E-state index contributed by atoms with van der Waals surface area (Å²) in [6.07, 6.45) is 0. The smallest absolute Gasteiger partial charge is 0.101 e. The van der Waals surface area contributed by atoms with Crippen LogP contribution in [0.15, 0.2) is 54.6 Å². The van der Waals surface area contributed by atoms with E-state index in [2.05, 4.69) is 6.07 Å². The molecule has 0 amide bonds. The zero-order valence-electron chi connectivity index (χ0n) is 9.40. The van der Waals surface area contributed by atoms with Gasteiger partial charge < -0.3 is 0 Å². The zero-order chi connectivity index (χ0) is 13.0. The van der Waals surface area contributed by atoms with Crippen LogP contribution in [0.2, 0.25) is 5.02 Å². The van der Waals surface area contributed by atoms with Gasteiger partial charge in [0.15, 0.2) is 0 Å². The highest BCUT2D eigenvalue weighted by atomic mass is 35.5. The van der Waals surface area contributed by atoms with Gasteiger partial charge in [0, 0.05) is 10.6 Å². The molecule has 88 valence electrons. The minimum atomic E-state index is 0.370. The number of halogens is 2. The molecule has 0 saturated carbocycles. The molecule has 18 heavy (non-hydrogen) atoms. The van der Waals surface area contributed by atoms with Gasteiger partial charge in [0.1, 0.15) is 6.07 Å². The number of hydrogen-bond acceptors (Lipinski definition) is 1. The van der Waals surface area contributed by atoms with Crippen molar-refractivity contribution >= 4 is 33.8 Å². The second-order valence-electron chi connectivity index (χ2n) is 3.65. The molecule has 2 rings (SSSR count). The molecule has 0 aromatic heterocycles. The van der Waals surface area contributed by atoms with Crippen molar-refractivity contribution in [1.82, 2.24) is 0 Å². The summed E-state index contributed by atoms with van der Waals surface area (Å²) in [6, 6.07) is 18.6. The third-order valence-electron chi connectivity index (χ3n) is 2.50. The lowest BCUT2D eigenvalue weighted by atomic mass is 10.0. The molecule has 0 aliphatic carbocycles. The first-order valence-electron chi connectivity index (χ1n) is 5.34. The van der Waals surface area contributed by atoms with E-state index in [4.69, 9.17) is 23.2 Å². The molecule has 0 bridgehead atoms. The van der Waals surface area contributed by atoms with Crippen LogP contribution < -0.4 is 0 Å². The highest BCUT2D eigenvalue weighted by Gasteiger charge is 2.11. The highest BCUT2D eigenvalue weighted by molar-refractivity contribution is 6.54. The number of benzene rings is 2. The van der Waals surface area contributed by atoms with E-state index in [0.29, 0.717) is 21.2 Å². The Morgan fingerprint density at radius 3 is 2.17 bits per heavy atom. The van der Waals surface area contributed by atoms with Crippen molar-refractivity contribution in [2.75, 3.05) is 0 Å². The molecule has 0 aliphatic rings. The van der Waals surface area contributed by atoms with Gasteiger partial charge in [0.2, 0.25) is 0 Å². The Morgan fingerprint density at radius 1 is 0.944 bits per heavy atom. The van der Waals surface area contributed by atoms with E-state index in [1.54, 1.807) is 12.1 Å². The van der Waals surface area contributed by atoms with Crippen LogP contribution in [0.3, 0.4) is 0 Å². The standard InChI is InChI=1S/C15H9Cl2N/c16-14-9-5-4-8-12(14)15(17)13(10-18)11-6-2-1-3-7-11/h1-9H. The van der Waals surface area contributed by atoms with Gasteiger partial charge in [-0.15, -0.1) is 0 Å². The lowest BCUT2D eigenvalue weighted by molar-refractivity contribution is 1.52. The molecule has 0 atom stereocenters. The fourth-order valence-corrected chi connectivity index (χ4v) is 2.21. The van der Waals surface area contributed by atoms with Gasteiger partial charge in [-0.05, 0) is 11.6 Å². The van der Waals surface area contributed by atoms with Crippen LogP contribution in [0.5, 0.6) is 0 Å². The van der Waals surface area contributed by atoms with E-state index in [0.717, 1.165) is 5.56 Å². The molecule has 3 heteroatoms. The second-order valence-corrected chi connectivity index (χ2v) is 4.43. The summed E-state index contributed by atoms with van der Waals surface area (Å²) in [5.74, 6) is 0. The summed E-state index contributed by atoms with van der Waals surface area (Å²) in [4.78, 5) is 0. The van der Waals surface area contributed by atoms with Gasteiger partial charge in [-0.1, -0.05) is 71.7 Å². The Kier molecular flexibility index (Phi) is 4.04. The molecule has 0 heterocycles. The largest absolute Gasteiger partial charge is 0.192 e. The maximum absolute atomic E-state index is 9.27. The summed E-state index contributed by atoms with van der Waals surface area (Å²) in [6.45, 7) is 0. The third kappa shape index (κ3) is 2.56. The van der Waals surface area contributed by atoms with Crippen LogP contribution in [0, 0.1) is 11.3 Å². The van der Waals surface area contributed by atoms with E-state index in [1.165, 1.54) is 0 Å². The average molecular weight is 274 g/mol. The van der Waals surface area contributed by atoms with Gasteiger partial charge in [-0.25, -0.2) is 0 Å². The molecule has 1 nitrogen and oxygen atoms in total. The van der Waals surface area contributed by atoms with E-state index in [9.17, 15) is 5.26 Å². The molecule has 0 unspecified atom stereocenters. The maximum atomic E-state index is 9.27. The molecule has 2 aromatic carbocycles. The molecule has 0 saturated heterocycles. The molecule has 2 aromatic rings. The van der Waals surface area contributed by atoms with Crippen molar-refractivity contribution in [3.8, 4) is 6.07 Å². The van der Waals surface area contributed by atoms with Crippen LogP contribution in [-0.2, 0) is 0 Å². The fourth-order valence-electron chi connectivity index (χ4n) is 1.62. The number of nitrogens with zero attached hydrogens (tertiary/aromatic N) is 1. The summed E-state index contributed by atoms with van der Waals surface area (Å²) in [7, 11) is 0. The topological polar surface area (TPSA) is 23.8 Å². The van der Waals surface area contributed by atoms with Gasteiger partial charge in [0.05, 0.1) is 10.6 Å². The highest BCUT2D eigenvalue weighted by Crippen LogP contribution is 2.33. The van der Waals surface area contributed by atoms with Crippen LogP contribution >= 0.6 is 23.2 Å². The molecule has 0 radical (unpaired) electrons. The normalized spacial score (nSPS) is 11.6. The number of allylic oxidation sites excluding steroid dienone is 1. The first-order chi connectivity index (χ1) is 8.74. The van der Waals surface area contributed by atoms with Gasteiger partial charge in [-0.3, -0.25) is 0 Å². The summed E-state index contributed by atoms with van der Waals surface area (Å²) < 4.78 is 0. The van der Waals surface area contributed by atoms with Crippen LogP contribution in [0.25, 0.3) is 10.6 Å². The Bertz CT molecular complexity index is 624. The van der Waals surface area contributed by atoms with Crippen LogP contribution in [-0.4, -0.2) is 0 Å². The van der Waals surface area contributed by atoms with Gasteiger partial charge in [-0.2, -0.15) is 5.26 Å². The molecule has 0 spiro atoms. The van der Waals surface area contributed by atoms with Crippen molar-refractivity contribution < 1.29 is 0 Å². The van der Waals surface area contributed by atoms with Crippen molar-refractivity contribution in [2.45, 2.75) is 0 Å². The fraction of sp³-hybridized carbons (Fsp3) is 0. The zero-order valence-corrected chi connectivity index (χ0v) is 10.9. The Hall–Kier alpha value is -1.75. The Balaban J connectivity index is 2.59. The van der Waals surface area contributed by atoms with Crippen molar-refractivity contribution in [2.24, 2.45) is 0 Å². The Labute approximate surface area is 116 Å². The van der Waals surface area contributed by atoms with Crippen molar-refractivity contribution in [1.29, 1.82) is 5.26 Å². The number of nitriles is 1. The average Bonchev–Trinajstić information content (AvgIpc) is 2.41. The van der Waals surface area contributed by atoms with Gasteiger partial charge in [0.25, 0.3) is 0 Å². The van der Waals surface area contributed by atoms with E-state index in [-0.39, 0.29) is 0 Å². The first-order valence-corrected chi connectivity index (χ1v) is 6.10. The van der Waals surface area contributed by atoms with Crippen LogP contribution in [0.1, 0.15) is 11.1 Å². The number of rotatable bonds is 2. The first kappa shape index (κ1) is 12.7. The molecule has 0 N–H and O–H groups in total. The maximum Gasteiger partial charge on any atom is 0.101 e. The molecular formula is C15H9Cl2N. The predicted octanol–water partition coefficient (Wildman–Crippen LogP) is 4.97. The summed E-state index contributed by atoms with van der Waals surface area (Å²) in [5, 5.41) is 10.2. The van der Waals surface area contributed by atoms with Crippen molar-refractivity contribution in [3.05, 3.63) is 70.7 Å². The molecular weight excluding hydrogens is 265 g/mol. The second kappa shape index (κ2) is 5.73. The lowest BCUT2D eigenvalue weighted by Gasteiger charge is -2.06. The number of hydrogen-bond donors (Lipinski definition) is 0. The third-order valence-corrected chi connectivity index (χ3v) is 3.23. The van der Waals surface area contributed by atoms with E-state index >= 15 is 0 Å². The summed E-state index contributed by atoms with van der Waals surface area (Å²) >= 11 is 12.4. The monoisotopic (exact) mass is 273 g/mol. The molecule has 0 fully saturated rings. The van der Waals surface area contributed by atoms with E-state index in [1.807, 2.05) is 42.5 Å². The van der Waals surface area contributed by atoms with Crippen LogP contribution in [0.4, 0.5) is 0 Å². The van der Waals surface area contributed by atoms with Crippen molar-refractivity contribution in [3.63, 3.8) is 0 Å². The molecule has 0 aliphatic heterocycles. The minimum absolute atomic E-state index is 0.370. The quantitative estimate of drug-likeness (QED) is 0.560. The predicted molar refractivity (Wildman–Crippen MR) is 76.2 cm³/mol. The SMILES string of the molecule is N#CC(=C(Cl)c1ccccc1Cl)c1ccccc1. The van der Waals surface area contributed by atoms with E-state index < -0.39 is 0 Å². The Morgan fingerprint density at radius 2 is 1.56 bits per heavy atom. The minimum Gasteiger partial charge on any atom is -0.192 e. The van der Waals surface area contributed by atoms with Gasteiger partial charge >= 0.3 is 0 Å².